The van der Waals surface area contributed by atoms with Gasteiger partial charge < -0.3 is 4.74 Å². The lowest BCUT2D eigenvalue weighted by Crippen LogP contribution is -2.57. The van der Waals surface area contributed by atoms with Gasteiger partial charge in [0.2, 0.25) is 0 Å². The summed E-state index contributed by atoms with van der Waals surface area (Å²) in [6, 6.07) is 15.9. The molecule has 2 aromatic rings. The van der Waals surface area contributed by atoms with E-state index in [1.54, 1.807) is 12.1 Å². The molecule has 1 saturated heterocycles. The van der Waals surface area contributed by atoms with Crippen molar-refractivity contribution in [1.82, 2.24) is 0 Å². The molecule has 1 fully saturated rings. The second-order valence-corrected chi connectivity index (χ2v) is 7.52. The van der Waals surface area contributed by atoms with Crippen LogP contribution in [0.2, 0.25) is 0 Å². The molecule has 0 bridgehead atoms. The van der Waals surface area contributed by atoms with Crippen LogP contribution < -0.4 is 0 Å². The van der Waals surface area contributed by atoms with Gasteiger partial charge in [-0.25, -0.2) is 9.18 Å². The Morgan fingerprint density at radius 2 is 1.64 bits per heavy atom. The predicted octanol–water partition coefficient (Wildman–Crippen LogP) is 4.20. The summed E-state index contributed by atoms with van der Waals surface area (Å²) >= 11 is 0. The summed E-state index contributed by atoms with van der Waals surface area (Å²) in [7, 11) is 1.32. The van der Waals surface area contributed by atoms with Gasteiger partial charge in [-0.3, -0.25) is 9.28 Å². The average Bonchev–Trinajstić information content (AvgIpc) is 2.73. The van der Waals surface area contributed by atoms with Gasteiger partial charge in [-0.15, -0.1) is 0 Å². The van der Waals surface area contributed by atoms with Gasteiger partial charge in [0, 0.05) is 5.56 Å². The standard InChI is InChI=1S/C23H27FNO3/c1-28-22(26)16-21(19-10-12-20(24)13-11-19)23(27)25(14-6-3-7-15-25)17-18-8-4-2-5-9-18/h2,4-5,8-13,21H,3,6-7,14-17H2,1H3/q+1. The first-order valence-corrected chi connectivity index (χ1v) is 9.81. The molecule has 148 valence electrons. The number of quaternary nitrogens is 1. The van der Waals surface area contributed by atoms with Crippen molar-refractivity contribution >= 4 is 11.9 Å². The van der Waals surface area contributed by atoms with Crippen molar-refractivity contribution in [2.75, 3.05) is 20.2 Å². The Balaban J connectivity index is 1.96. The molecule has 1 unspecified atom stereocenters. The highest BCUT2D eigenvalue weighted by Crippen LogP contribution is 2.32. The van der Waals surface area contributed by atoms with Crippen LogP contribution >= 0.6 is 0 Å². The van der Waals surface area contributed by atoms with Gasteiger partial charge in [0.15, 0.2) is 0 Å². The molecule has 0 aliphatic carbocycles. The Morgan fingerprint density at radius 3 is 2.25 bits per heavy atom. The molecular weight excluding hydrogens is 357 g/mol. The average molecular weight is 384 g/mol. The maximum absolute atomic E-state index is 13.8. The summed E-state index contributed by atoms with van der Waals surface area (Å²) in [6.07, 6.45) is 3.04. The number of amides is 1. The molecule has 1 amide bonds. The summed E-state index contributed by atoms with van der Waals surface area (Å²) in [5.41, 5.74) is 1.77. The Morgan fingerprint density at radius 1 is 1.00 bits per heavy atom. The molecule has 1 atom stereocenters. The first-order valence-electron chi connectivity index (χ1n) is 9.81. The highest BCUT2D eigenvalue weighted by atomic mass is 19.1. The molecular formula is C23H27FNO3+. The van der Waals surface area contributed by atoms with E-state index in [1.165, 1.54) is 19.2 Å². The summed E-state index contributed by atoms with van der Waals surface area (Å²) in [5.74, 6) is -1.42. The minimum Gasteiger partial charge on any atom is -0.469 e. The topological polar surface area (TPSA) is 43.4 Å². The van der Waals surface area contributed by atoms with Crippen LogP contribution in [0.5, 0.6) is 0 Å². The van der Waals surface area contributed by atoms with Crippen LogP contribution in [0.1, 0.15) is 42.7 Å². The minimum absolute atomic E-state index is 0.0144. The zero-order valence-electron chi connectivity index (χ0n) is 16.3. The SMILES string of the molecule is COC(=O)CC(C(=O)[N+]1(Cc2ccccc2)CCCCC1)c1ccc(F)cc1. The molecule has 5 heteroatoms. The smallest absolute Gasteiger partial charge is 0.322 e. The Hall–Kier alpha value is -2.53. The molecule has 0 saturated carbocycles. The number of hydrogen-bond donors (Lipinski definition) is 0. The second kappa shape index (κ2) is 9.11. The third-order valence-corrected chi connectivity index (χ3v) is 5.64. The van der Waals surface area contributed by atoms with Crippen molar-refractivity contribution < 1.29 is 23.2 Å². The molecule has 28 heavy (non-hydrogen) atoms. The van der Waals surface area contributed by atoms with Crippen LogP contribution in [0, 0.1) is 5.82 Å². The molecule has 0 radical (unpaired) electrons. The fourth-order valence-electron chi connectivity index (χ4n) is 4.13. The number of esters is 1. The van der Waals surface area contributed by atoms with E-state index >= 15 is 0 Å². The van der Waals surface area contributed by atoms with Crippen LogP contribution in [-0.4, -0.2) is 36.6 Å². The van der Waals surface area contributed by atoms with Crippen molar-refractivity contribution in [2.24, 2.45) is 0 Å². The van der Waals surface area contributed by atoms with Gasteiger partial charge in [-0.05, 0) is 37.0 Å². The lowest BCUT2D eigenvalue weighted by molar-refractivity contribution is -0.873. The Bertz CT molecular complexity index is 798. The number of rotatable bonds is 6. The molecule has 4 nitrogen and oxygen atoms in total. The van der Waals surface area contributed by atoms with Crippen molar-refractivity contribution in [3.05, 3.63) is 71.5 Å². The van der Waals surface area contributed by atoms with Gasteiger partial charge in [-0.1, -0.05) is 42.5 Å². The first-order chi connectivity index (χ1) is 13.5. The number of piperidine rings is 1. The van der Waals surface area contributed by atoms with Crippen molar-refractivity contribution in [3.63, 3.8) is 0 Å². The van der Waals surface area contributed by atoms with Gasteiger partial charge >= 0.3 is 11.9 Å². The highest BCUT2D eigenvalue weighted by Gasteiger charge is 2.43. The largest absolute Gasteiger partial charge is 0.469 e. The van der Waals surface area contributed by atoms with E-state index in [0.29, 0.717) is 16.6 Å². The number of carbonyl (C=O) groups is 2. The number of carbonyl (C=O) groups excluding carboxylic acids is 2. The molecule has 1 aliphatic heterocycles. The summed E-state index contributed by atoms with van der Waals surface area (Å²) < 4.78 is 18.6. The van der Waals surface area contributed by atoms with Crippen LogP contribution in [0.4, 0.5) is 4.39 Å². The van der Waals surface area contributed by atoms with Crippen LogP contribution in [-0.2, 0) is 20.9 Å². The quantitative estimate of drug-likeness (QED) is 0.554. The van der Waals surface area contributed by atoms with Crippen LogP contribution in [0.3, 0.4) is 0 Å². The molecule has 2 aromatic carbocycles. The summed E-state index contributed by atoms with van der Waals surface area (Å²) in [5, 5.41) is 0. The van der Waals surface area contributed by atoms with Gasteiger partial charge in [-0.2, -0.15) is 0 Å². The lowest BCUT2D eigenvalue weighted by atomic mass is 9.91. The second-order valence-electron chi connectivity index (χ2n) is 7.52. The minimum atomic E-state index is -0.644. The third-order valence-electron chi connectivity index (χ3n) is 5.64. The van der Waals surface area contributed by atoms with Crippen LogP contribution in [0.25, 0.3) is 0 Å². The van der Waals surface area contributed by atoms with E-state index in [0.717, 1.165) is 37.9 Å². The van der Waals surface area contributed by atoms with Crippen molar-refractivity contribution in [2.45, 2.75) is 38.1 Å². The summed E-state index contributed by atoms with van der Waals surface area (Å²) in [4.78, 5) is 25.9. The number of ether oxygens (including phenoxy) is 1. The molecule has 0 N–H and O–H groups in total. The molecule has 3 rings (SSSR count). The van der Waals surface area contributed by atoms with E-state index in [2.05, 4.69) is 0 Å². The lowest BCUT2D eigenvalue weighted by Gasteiger charge is -2.41. The first kappa shape index (κ1) is 20.2. The number of methoxy groups -OCH3 is 1. The highest BCUT2D eigenvalue weighted by molar-refractivity contribution is 5.84. The molecule has 1 aliphatic rings. The maximum atomic E-state index is 13.8. The predicted molar refractivity (Wildman–Crippen MR) is 105 cm³/mol. The molecule has 0 aromatic heterocycles. The normalized spacial score (nSPS) is 16.9. The molecule has 0 spiro atoms. The number of benzene rings is 2. The van der Waals surface area contributed by atoms with E-state index in [9.17, 15) is 14.0 Å². The van der Waals surface area contributed by atoms with E-state index in [4.69, 9.17) is 4.74 Å². The van der Waals surface area contributed by atoms with E-state index in [-0.39, 0.29) is 18.1 Å². The van der Waals surface area contributed by atoms with Crippen LogP contribution in [0.15, 0.2) is 54.6 Å². The molecule has 1 heterocycles. The van der Waals surface area contributed by atoms with Gasteiger partial charge in [0.1, 0.15) is 18.3 Å². The number of likely N-dealkylation sites (tertiary alicyclic amines) is 1. The number of nitrogens with zero attached hydrogens (tertiary/aromatic N) is 1. The van der Waals surface area contributed by atoms with E-state index in [1.807, 2.05) is 30.3 Å². The monoisotopic (exact) mass is 384 g/mol. The fourth-order valence-corrected chi connectivity index (χ4v) is 4.13. The third kappa shape index (κ3) is 4.65. The Labute approximate surface area is 165 Å². The summed E-state index contributed by atoms with van der Waals surface area (Å²) in [6.45, 7) is 2.12. The van der Waals surface area contributed by atoms with E-state index < -0.39 is 11.9 Å². The number of halogens is 1. The number of hydrogen-bond acceptors (Lipinski definition) is 3. The zero-order valence-corrected chi connectivity index (χ0v) is 16.3. The zero-order chi connectivity index (χ0) is 20.0. The van der Waals surface area contributed by atoms with Gasteiger partial charge in [0.05, 0.1) is 26.6 Å². The fraction of sp³-hybridized carbons (Fsp3) is 0.391. The Kier molecular flexibility index (Phi) is 6.57. The maximum Gasteiger partial charge on any atom is 0.322 e. The van der Waals surface area contributed by atoms with Crippen molar-refractivity contribution in [1.29, 1.82) is 0 Å². The van der Waals surface area contributed by atoms with Crippen molar-refractivity contribution in [3.8, 4) is 0 Å². The van der Waals surface area contributed by atoms with Gasteiger partial charge in [0.25, 0.3) is 0 Å².